The smallest absolute Gasteiger partial charge is 0.328 e. The standard InChI is InChI=1S/C20H16N4O4/c1-22-19(25)17(21-20(22)26)10-14-12-23(18-5-3-2-4-16(14)18)11-13-6-8-15(9-7-13)24(27)28/h2-10,12H,11H2,1H3,(H,21,26)/b17-10+. The molecule has 28 heavy (non-hydrogen) atoms. The summed E-state index contributed by atoms with van der Waals surface area (Å²) in [7, 11) is 1.43. The topological polar surface area (TPSA) is 97.5 Å². The number of likely N-dealkylation sites (N-methyl/N-ethyl adjacent to an activating group) is 1. The van der Waals surface area contributed by atoms with Crippen LogP contribution in [0.4, 0.5) is 10.5 Å². The lowest BCUT2D eigenvalue weighted by atomic mass is 10.1. The minimum Gasteiger partial charge on any atom is -0.342 e. The number of carbonyl (C=O) groups is 2. The molecule has 0 unspecified atom stereocenters. The third-order valence-electron chi connectivity index (χ3n) is 4.70. The highest BCUT2D eigenvalue weighted by Crippen LogP contribution is 2.25. The Bertz CT molecular complexity index is 1140. The van der Waals surface area contributed by atoms with Crippen molar-refractivity contribution in [2.24, 2.45) is 0 Å². The molecule has 3 aromatic rings. The molecule has 1 aliphatic heterocycles. The Kier molecular flexibility index (Phi) is 4.15. The van der Waals surface area contributed by atoms with Gasteiger partial charge >= 0.3 is 6.03 Å². The highest BCUT2D eigenvalue weighted by molar-refractivity contribution is 6.14. The van der Waals surface area contributed by atoms with Crippen molar-refractivity contribution in [1.82, 2.24) is 14.8 Å². The van der Waals surface area contributed by atoms with Crippen LogP contribution < -0.4 is 5.32 Å². The maximum atomic E-state index is 12.2. The molecule has 2 aromatic carbocycles. The lowest BCUT2D eigenvalue weighted by Gasteiger charge is -2.05. The number of nitrogens with zero attached hydrogens (tertiary/aromatic N) is 3. The summed E-state index contributed by atoms with van der Waals surface area (Å²) in [5, 5.41) is 14.3. The molecule has 3 amide bonds. The van der Waals surface area contributed by atoms with E-state index in [-0.39, 0.29) is 17.3 Å². The summed E-state index contributed by atoms with van der Waals surface area (Å²) in [4.78, 5) is 35.2. The van der Waals surface area contributed by atoms with Gasteiger partial charge in [0.1, 0.15) is 5.70 Å². The zero-order valence-electron chi connectivity index (χ0n) is 15.0. The van der Waals surface area contributed by atoms with Crippen molar-refractivity contribution < 1.29 is 14.5 Å². The van der Waals surface area contributed by atoms with Gasteiger partial charge in [0.05, 0.1) is 4.92 Å². The van der Waals surface area contributed by atoms with Crippen LogP contribution in [-0.4, -0.2) is 33.4 Å². The van der Waals surface area contributed by atoms with E-state index in [0.717, 1.165) is 26.9 Å². The molecular formula is C20H16N4O4. The molecule has 0 spiro atoms. The summed E-state index contributed by atoms with van der Waals surface area (Å²) >= 11 is 0. The molecule has 1 aliphatic rings. The van der Waals surface area contributed by atoms with Crippen LogP contribution in [0.1, 0.15) is 11.1 Å². The van der Waals surface area contributed by atoms with E-state index >= 15 is 0 Å². The van der Waals surface area contributed by atoms with E-state index in [1.165, 1.54) is 19.2 Å². The van der Waals surface area contributed by atoms with Gasteiger partial charge < -0.3 is 9.88 Å². The van der Waals surface area contributed by atoms with Gasteiger partial charge in [-0.2, -0.15) is 0 Å². The van der Waals surface area contributed by atoms with Gasteiger partial charge in [0.15, 0.2) is 0 Å². The number of rotatable bonds is 4. The van der Waals surface area contributed by atoms with Gasteiger partial charge in [-0.3, -0.25) is 19.8 Å². The van der Waals surface area contributed by atoms with Gasteiger partial charge in [-0.05, 0) is 17.7 Å². The molecule has 8 heteroatoms. The number of para-hydroxylation sites is 1. The number of carbonyl (C=O) groups excluding carboxylic acids is 2. The van der Waals surface area contributed by atoms with Crippen molar-refractivity contribution in [3.8, 4) is 0 Å². The first kappa shape index (κ1) is 17.5. The second kappa shape index (κ2) is 6.66. The zero-order valence-corrected chi connectivity index (χ0v) is 15.0. The third-order valence-corrected chi connectivity index (χ3v) is 4.70. The normalized spacial score (nSPS) is 15.5. The van der Waals surface area contributed by atoms with Gasteiger partial charge in [0.2, 0.25) is 0 Å². The van der Waals surface area contributed by atoms with Crippen LogP contribution in [-0.2, 0) is 11.3 Å². The Balaban J connectivity index is 1.72. The molecular weight excluding hydrogens is 360 g/mol. The monoisotopic (exact) mass is 376 g/mol. The molecule has 0 aliphatic carbocycles. The van der Waals surface area contributed by atoms with E-state index in [4.69, 9.17) is 0 Å². The quantitative estimate of drug-likeness (QED) is 0.327. The van der Waals surface area contributed by atoms with E-state index in [2.05, 4.69) is 5.32 Å². The van der Waals surface area contributed by atoms with E-state index in [9.17, 15) is 19.7 Å². The number of hydrogen-bond donors (Lipinski definition) is 1. The molecule has 140 valence electrons. The molecule has 0 saturated carbocycles. The predicted molar refractivity (Wildman–Crippen MR) is 103 cm³/mol. The summed E-state index contributed by atoms with van der Waals surface area (Å²) < 4.78 is 2.01. The summed E-state index contributed by atoms with van der Waals surface area (Å²) in [5.74, 6) is -0.378. The van der Waals surface area contributed by atoms with Crippen molar-refractivity contribution >= 4 is 34.6 Å². The van der Waals surface area contributed by atoms with Crippen molar-refractivity contribution in [3.63, 3.8) is 0 Å². The Morgan fingerprint density at radius 2 is 1.82 bits per heavy atom. The van der Waals surface area contributed by atoms with Gasteiger partial charge in [-0.15, -0.1) is 0 Å². The SMILES string of the molecule is CN1C(=O)N/C(=C/c2cn(Cc3ccc([N+](=O)[O-])cc3)c3ccccc23)C1=O. The molecule has 1 N–H and O–H groups in total. The fourth-order valence-corrected chi connectivity index (χ4v) is 3.22. The second-order valence-corrected chi connectivity index (χ2v) is 6.51. The summed E-state index contributed by atoms with van der Waals surface area (Å²) in [6, 6.07) is 13.7. The highest BCUT2D eigenvalue weighted by atomic mass is 16.6. The van der Waals surface area contributed by atoms with Crippen LogP contribution in [0.5, 0.6) is 0 Å². The number of fused-ring (bicyclic) bond motifs is 1. The number of nitro benzene ring substituents is 1. The van der Waals surface area contributed by atoms with Gasteiger partial charge in [-0.1, -0.05) is 30.3 Å². The number of aromatic nitrogens is 1. The number of imide groups is 1. The fourth-order valence-electron chi connectivity index (χ4n) is 3.22. The van der Waals surface area contributed by atoms with Crippen LogP contribution in [0.2, 0.25) is 0 Å². The van der Waals surface area contributed by atoms with Crippen molar-refractivity contribution in [1.29, 1.82) is 0 Å². The third kappa shape index (κ3) is 3.01. The number of benzene rings is 2. The van der Waals surface area contributed by atoms with Crippen LogP contribution in [0.3, 0.4) is 0 Å². The Hall–Kier alpha value is -3.94. The molecule has 1 aromatic heterocycles. The number of hydrogen-bond acceptors (Lipinski definition) is 4. The van der Waals surface area contributed by atoms with Crippen LogP contribution in [0, 0.1) is 10.1 Å². The lowest BCUT2D eigenvalue weighted by Crippen LogP contribution is -2.25. The van der Waals surface area contributed by atoms with Crippen molar-refractivity contribution in [3.05, 3.63) is 81.7 Å². The largest absolute Gasteiger partial charge is 0.342 e. The molecule has 0 radical (unpaired) electrons. The van der Waals surface area contributed by atoms with Crippen LogP contribution >= 0.6 is 0 Å². The number of nitro groups is 1. The van der Waals surface area contributed by atoms with Gasteiger partial charge in [-0.25, -0.2) is 4.79 Å². The molecule has 0 bridgehead atoms. The summed E-state index contributed by atoms with van der Waals surface area (Å²) in [5.41, 5.74) is 2.95. The molecule has 4 rings (SSSR count). The minimum atomic E-state index is -0.453. The first-order chi connectivity index (χ1) is 13.4. The van der Waals surface area contributed by atoms with Crippen LogP contribution in [0.25, 0.3) is 17.0 Å². The number of non-ortho nitro benzene ring substituents is 1. The van der Waals surface area contributed by atoms with E-state index < -0.39 is 11.0 Å². The lowest BCUT2D eigenvalue weighted by molar-refractivity contribution is -0.384. The van der Waals surface area contributed by atoms with Gasteiger partial charge in [0.25, 0.3) is 11.6 Å². The summed E-state index contributed by atoms with van der Waals surface area (Å²) in [6.07, 6.45) is 3.56. The molecule has 2 heterocycles. The Labute approximate surface area is 159 Å². The van der Waals surface area contributed by atoms with Crippen molar-refractivity contribution in [2.75, 3.05) is 7.05 Å². The maximum absolute atomic E-state index is 12.2. The average molecular weight is 376 g/mol. The van der Waals surface area contributed by atoms with E-state index in [1.807, 2.05) is 35.0 Å². The number of urea groups is 1. The number of amides is 3. The first-order valence-corrected chi connectivity index (χ1v) is 8.56. The zero-order chi connectivity index (χ0) is 19.8. The van der Waals surface area contributed by atoms with E-state index in [0.29, 0.717) is 6.54 Å². The average Bonchev–Trinajstić information content (AvgIpc) is 3.15. The van der Waals surface area contributed by atoms with Crippen molar-refractivity contribution in [2.45, 2.75) is 6.54 Å². The molecule has 0 atom stereocenters. The number of nitrogens with one attached hydrogen (secondary N) is 1. The predicted octanol–water partition coefficient (Wildman–Crippen LogP) is 3.12. The Morgan fingerprint density at radius 1 is 1.11 bits per heavy atom. The fraction of sp³-hybridized carbons (Fsp3) is 0.100. The van der Waals surface area contributed by atoms with Gasteiger partial charge in [0, 0.05) is 48.4 Å². The minimum absolute atomic E-state index is 0.0474. The first-order valence-electron chi connectivity index (χ1n) is 8.56. The van der Waals surface area contributed by atoms with E-state index in [1.54, 1.807) is 18.2 Å². The Morgan fingerprint density at radius 3 is 2.46 bits per heavy atom. The highest BCUT2D eigenvalue weighted by Gasteiger charge is 2.30. The molecule has 1 fully saturated rings. The molecule has 8 nitrogen and oxygen atoms in total. The summed E-state index contributed by atoms with van der Waals surface area (Å²) in [6.45, 7) is 0.516. The van der Waals surface area contributed by atoms with Crippen LogP contribution in [0.15, 0.2) is 60.4 Å². The second-order valence-electron chi connectivity index (χ2n) is 6.51. The molecule has 1 saturated heterocycles. The maximum Gasteiger partial charge on any atom is 0.328 e.